The number of pyridine rings is 2. The predicted octanol–water partition coefficient (Wildman–Crippen LogP) is 1.61. The molecule has 2 aromatic heterocycles. The Bertz CT molecular complexity index is 430. The third-order valence-electron chi connectivity index (χ3n) is 2.76. The summed E-state index contributed by atoms with van der Waals surface area (Å²) in [5.41, 5.74) is 5.22. The van der Waals surface area contributed by atoms with E-state index in [4.69, 9.17) is 5.84 Å². The number of nitrogens with one attached hydrogen (secondary N) is 1. The third kappa shape index (κ3) is 3.34. The van der Waals surface area contributed by atoms with E-state index in [1.54, 1.807) is 6.20 Å². The summed E-state index contributed by atoms with van der Waals surface area (Å²) in [6.07, 6.45) is 9.13. The Morgan fingerprint density at radius 3 is 2.59 bits per heavy atom. The van der Waals surface area contributed by atoms with Gasteiger partial charge in [0.2, 0.25) is 0 Å². The molecule has 0 aliphatic heterocycles. The van der Waals surface area contributed by atoms with Gasteiger partial charge in [0.1, 0.15) is 0 Å². The highest BCUT2D eigenvalue weighted by Gasteiger charge is 2.09. The maximum Gasteiger partial charge on any atom is 0.0478 e. The van der Waals surface area contributed by atoms with Gasteiger partial charge in [-0.3, -0.25) is 21.2 Å². The number of hydrogen-bond acceptors (Lipinski definition) is 4. The van der Waals surface area contributed by atoms with Crippen LogP contribution in [0.2, 0.25) is 0 Å². The van der Waals surface area contributed by atoms with Crippen LogP contribution in [0.5, 0.6) is 0 Å². The lowest BCUT2D eigenvalue weighted by atomic mass is 10.0. The van der Waals surface area contributed by atoms with Crippen molar-refractivity contribution in [1.82, 2.24) is 15.4 Å². The number of hydrogen-bond donors (Lipinski definition) is 2. The van der Waals surface area contributed by atoms with Crippen LogP contribution in [0.1, 0.15) is 23.6 Å². The largest absolute Gasteiger partial charge is 0.271 e. The zero-order chi connectivity index (χ0) is 11.9. The van der Waals surface area contributed by atoms with Crippen molar-refractivity contribution in [3.8, 4) is 0 Å². The summed E-state index contributed by atoms with van der Waals surface area (Å²) >= 11 is 0. The maximum absolute atomic E-state index is 5.58. The Kier molecular flexibility index (Phi) is 4.18. The molecule has 0 spiro atoms. The zero-order valence-electron chi connectivity index (χ0n) is 9.58. The summed E-state index contributed by atoms with van der Waals surface area (Å²) in [5.74, 6) is 5.58. The van der Waals surface area contributed by atoms with Crippen LogP contribution in [0.25, 0.3) is 0 Å². The Morgan fingerprint density at radius 1 is 1.12 bits per heavy atom. The predicted molar refractivity (Wildman–Crippen MR) is 66.9 cm³/mol. The lowest BCUT2D eigenvalue weighted by Gasteiger charge is -2.15. The number of nitrogens with zero attached hydrogens (tertiary/aromatic N) is 2. The minimum Gasteiger partial charge on any atom is -0.271 e. The van der Waals surface area contributed by atoms with Gasteiger partial charge in [0.05, 0.1) is 0 Å². The van der Waals surface area contributed by atoms with Crippen LogP contribution in [-0.2, 0) is 6.42 Å². The lowest BCUT2D eigenvalue weighted by molar-refractivity contribution is 0.515. The summed E-state index contributed by atoms with van der Waals surface area (Å²) in [6.45, 7) is 0. The van der Waals surface area contributed by atoms with E-state index < -0.39 is 0 Å². The standard InChI is InChI=1S/C13H16N4/c14-17-13(12-2-1-7-16-10-12)4-3-11-5-8-15-9-6-11/h1-2,5-10,13,17H,3-4,14H2. The second-order valence-corrected chi connectivity index (χ2v) is 3.90. The lowest BCUT2D eigenvalue weighted by Crippen LogP contribution is -2.28. The molecule has 1 atom stereocenters. The fourth-order valence-corrected chi connectivity index (χ4v) is 1.79. The molecular weight excluding hydrogens is 212 g/mol. The van der Waals surface area contributed by atoms with Gasteiger partial charge >= 0.3 is 0 Å². The van der Waals surface area contributed by atoms with E-state index in [1.807, 2.05) is 42.9 Å². The SMILES string of the molecule is NNC(CCc1ccncc1)c1cccnc1. The van der Waals surface area contributed by atoms with E-state index >= 15 is 0 Å². The van der Waals surface area contributed by atoms with Crippen LogP contribution < -0.4 is 11.3 Å². The monoisotopic (exact) mass is 228 g/mol. The molecule has 0 fully saturated rings. The second-order valence-electron chi connectivity index (χ2n) is 3.90. The smallest absolute Gasteiger partial charge is 0.0478 e. The highest BCUT2D eigenvalue weighted by Crippen LogP contribution is 2.16. The molecule has 0 radical (unpaired) electrons. The molecule has 2 aromatic rings. The van der Waals surface area contributed by atoms with E-state index in [2.05, 4.69) is 15.4 Å². The Hall–Kier alpha value is -1.78. The number of rotatable bonds is 5. The summed E-state index contributed by atoms with van der Waals surface area (Å²) in [4.78, 5) is 8.10. The number of aromatic nitrogens is 2. The quantitative estimate of drug-likeness (QED) is 0.603. The first-order valence-corrected chi connectivity index (χ1v) is 5.65. The van der Waals surface area contributed by atoms with Gasteiger partial charge in [-0.25, -0.2) is 0 Å². The van der Waals surface area contributed by atoms with Gasteiger partial charge in [0, 0.05) is 30.8 Å². The fraction of sp³-hybridized carbons (Fsp3) is 0.231. The highest BCUT2D eigenvalue weighted by atomic mass is 15.2. The van der Waals surface area contributed by atoms with Gasteiger partial charge in [0.15, 0.2) is 0 Å². The molecular formula is C13H16N4. The number of hydrazine groups is 1. The van der Waals surface area contributed by atoms with E-state index in [9.17, 15) is 0 Å². The average Bonchev–Trinajstić information content (AvgIpc) is 2.42. The van der Waals surface area contributed by atoms with Crippen LogP contribution >= 0.6 is 0 Å². The minimum absolute atomic E-state index is 0.136. The first-order chi connectivity index (χ1) is 8.40. The van der Waals surface area contributed by atoms with E-state index in [1.165, 1.54) is 5.56 Å². The fourth-order valence-electron chi connectivity index (χ4n) is 1.79. The maximum atomic E-state index is 5.58. The molecule has 0 saturated heterocycles. The van der Waals surface area contributed by atoms with Gasteiger partial charge < -0.3 is 0 Å². The highest BCUT2D eigenvalue weighted by molar-refractivity contribution is 5.15. The average molecular weight is 228 g/mol. The molecule has 0 saturated carbocycles. The van der Waals surface area contributed by atoms with Gasteiger partial charge in [-0.05, 0) is 42.2 Å². The molecule has 1 unspecified atom stereocenters. The number of nitrogens with two attached hydrogens (primary N) is 1. The second kappa shape index (κ2) is 6.08. The summed E-state index contributed by atoms with van der Waals surface area (Å²) in [7, 11) is 0. The van der Waals surface area contributed by atoms with Gasteiger partial charge in [-0.1, -0.05) is 6.07 Å². The van der Waals surface area contributed by atoms with Gasteiger partial charge in [-0.2, -0.15) is 0 Å². The van der Waals surface area contributed by atoms with Crippen molar-refractivity contribution in [3.63, 3.8) is 0 Å². The van der Waals surface area contributed by atoms with Crippen molar-refractivity contribution in [2.75, 3.05) is 0 Å². The molecule has 3 N–H and O–H groups in total. The topological polar surface area (TPSA) is 63.8 Å². The van der Waals surface area contributed by atoms with Crippen molar-refractivity contribution in [2.24, 2.45) is 5.84 Å². The molecule has 0 aromatic carbocycles. The van der Waals surface area contributed by atoms with Crippen LogP contribution in [0.3, 0.4) is 0 Å². The minimum atomic E-state index is 0.136. The molecule has 0 aliphatic carbocycles. The molecule has 4 nitrogen and oxygen atoms in total. The molecule has 0 bridgehead atoms. The molecule has 17 heavy (non-hydrogen) atoms. The first kappa shape index (κ1) is 11.7. The van der Waals surface area contributed by atoms with E-state index in [0.29, 0.717) is 0 Å². The van der Waals surface area contributed by atoms with Gasteiger partial charge in [0.25, 0.3) is 0 Å². The van der Waals surface area contributed by atoms with Crippen molar-refractivity contribution in [1.29, 1.82) is 0 Å². The molecule has 2 rings (SSSR count). The Labute approximate surface area is 101 Å². The Balaban J connectivity index is 1.97. The molecule has 0 aliphatic rings. The Morgan fingerprint density at radius 2 is 1.94 bits per heavy atom. The molecule has 2 heterocycles. The zero-order valence-corrected chi connectivity index (χ0v) is 9.58. The van der Waals surface area contributed by atoms with Crippen molar-refractivity contribution < 1.29 is 0 Å². The first-order valence-electron chi connectivity index (χ1n) is 5.65. The summed E-state index contributed by atoms with van der Waals surface area (Å²) in [5, 5.41) is 0. The molecule has 88 valence electrons. The normalized spacial score (nSPS) is 12.3. The van der Waals surface area contributed by atoms with Crippen molar-refractivity contribution >= 4 is 0 Å². The van der Waals surface area contributed by atoms with Crippen LogP contribution in [0.4, 0.5) is 0 Å². The van der Waals surface area contributed by atoms with Crippen molar-refractivity contribution in [2.45, 2.75) is 18.9 Å². The molecule has 0 amide bonds. The van der Waals surface area contributed by atoms with E-state index in [0.717, 1.165) is 18.4 Å². The van der Waals surface area contributed by atoms with E-state index in [-0.39, 0.29) is 6.04 Å². The number of aryl methyl sites for hydroxylation is 1. The summed E-state index contributed by atoms with van der Waals surface area (Å²) in [6, 6.07) is 8.14. The third-order valence-corrected chi connectivity index (χ3v) is 2.76. The molecule has 4 heteroatoms. The van der Waals surface area contributed by atoms with Gasteiger partial charge in [-0.15, -0.1) is 0 Å². The van der Waals surface area contributed by atoms with Crippen LogP contribution in [0.15, 0.2) is 49.1 Å². The van der Waals surface area contributed by atoms with Crippen molar-refractivity contribution in [3.05, 3.63) is 60.2 Å². The summed E-state index contributed by atoms with van der Waals surface area (Å²) < 4.78 is 0. The van der Waals surface area contributed by atoms with Crippen LogP contribution in [0, 0.1) is 0 Å². The van der Waals surface area contributed by atoms with Crippen LogP contribution in [-0.4, -0.2) is 9.97 Å².